The normalized spacial score (nSPS) is 17.1. The molecule has 4 nitrogen and oxygen atoms in total. The molecule has 0 saturated carbocycles. The molecular formula is C15H21FN2O2. The number of nitrogens with zero attached hydrogens (tertiary/aromatic N) is 2. The highest BCUT2D eigenvalue weighted by atomic mass is 19.1. The highest BCUT2D eigenvalue weighted by Crippen LogP contribution is 2.25. The maximum absolute atomic E-state index is 14.0. The molecule has 1 fully saturated rings. The standard InChI is InChI=1S/C15H21FN2O2/c1-3-18-8-6-12(7-9-18)17(2)14-5-4-11(15(19)20)10-13(14)16/h4-5,10,12H,3,6-9H2,1-2H3,(H,19,20). The molecule has 1 saturated heterocycles. The van der Waals surface area contributed by atoms with E-state index in [0.29, 0.717) is 11.7 Å². The highest BCUT2D eigenvalue weighted by molar-refractivity contribution is 5.88. The average Bonchev–Trinajstić information content (AvgIpc) is 2.46. The zero-order valence-corrected chi connectivity index (χ0v) is 12.0. The number of anilines is 1. The molecule has 110 valence electrons. The van der Waals surface area contributed by atoms with Crippen molar-refractivity contribution >= 4 is 11.7 Å². The van der Waals surface area contributed by atoms with Crippen LogP contribution in [0, 0.1) is 5.82 Å². The first-order valence-electron chi connectivity index (χ1n) is 7.01. The quantitative estimate of drug-likeness (QED) is 0.920. The van der Waals surface area contributed by atoms with Gasteiger partial charge in [0.1, 0.15) is 5.82 Å². The third kappa shape index (κ3) is 3.10. The molecule has 0 atom stereocenters. The lowest BCUT2D eigenvalue weighted by molar-refractivity contribution is 0.0696. The van der Waals surface area contributed by atoms with Crippen LogP contribution in [-0.4, -0.2) is 48.7 Å². The number of aromatic carboxylic acids is 1. The van der Waals surface area contributed by atoms with Gasteiger partial charge in [0.05, 0.1) is 11.3 Å². The Kier molecular flexibility index (Phi) is 4.60. The summed E-state index contributed by atoms with van der Waals surface area (Å²) in [6, 6.07) is 4.42. The number of carboxylic acid groups (broad SMARTS) is 1. The smallest absolute Gasteiger partial charge is 0.335 e. The number of halogens is 1. The van der Waals surface area contributed by atoms with Crippen molar-refractivity contribution in [2.75, 3.05) is 31.6 Å². The number of hydrogen-bond acceptors (Lipinski definition) is 3. The fourth-order valence-corrected chi connectivity index (χ4v) is 2.75. The summed E-state index contributed by atoms with van der Waals surface area (Å²) < 4.78 is 14.0. The van der Waals surface area contributed by atoms with E-state index in [1.54, 1.807) is 6.07 Å². The van der Waals surface area contributed by atoms with Gasteiger partial charge in [-0.2, -0.15) is 0 Å². The molecule has 2 rings (SSSR count). The molecule has 0 aromatic heterocycles. The molecule has 1 aliphatic rings. The van der Waals surface area contributed by atoms with E-state index in [1.165, 1.54) is 6.07 Å². The van der Waals surface area contributed by atoms with Gasteiger partial charge < -0.3 is 14.9 Å². The maximum Gasteiger partial charge on any atom is 0.335 e. The summed E-state index contributed by atoms with van der Waals surface area (Å²) in [4.78, 5) is 15.1. The van der Waals surface area contributed by atoms with E-state index in [9.17, 15) is 9.18 Å². The SMILES string of the molecule is CCN1CCC(N(C)c2ccc(C(=O)O)cc2F)CC1. The lowest BCUT2D eigenvalue weighted by Crippen LogP contribution is -2.43. The van der Waals surface area contributed by atoms with Gasteiger partial charge in [-0.05, 0) is 37.6 Å². The lowest BCUT2D eigenvalue weighted by Gasteiger charge is -2.37. The minimum Gasteiger partial charge on any atom is -0.478 e. The molecule has 1 heterocycles. The van der Waals surface area contributed by atoms with Gasteiger partial charge in [0.15, 0.2) is 0 Å². The van der Waals surface area contributed by atoms with Gasteiger partial charge >= 0.3 is 5.97 Å². The summed E-state index contributed by atoms with van der Waals surface area (Å²) in [6.07, 6.45) is 2.01. The van der Waals surface area contributed by atoms with Crippen LogP contribution in [0.15, 0.2) is 18.2 Å². The van der Waals surface area contributed by atoms with Gasteiger partial charge in [0.25, 0.3) is 0 Å². The molecule has 0 amide bonds. The van der Waals surface area contributed by atoms with E-state index in [-0.39, 0.29) is 5.56 Å². The summed E-state index contributed by atoms with van der Waals surface area (Å²) in [5.74, 6) is -1.57. The van der Waals surface area contributed by atoms with Crippen LogP contribution in [0.4, 0.5) is 10.1 Å². The minimum absolute atomic E-state index is 0.0135. The topological polar surface area (TPSA) is 43.8 Å². The molecule has 0 unspecified atom stereocenters. The van der Waals surface area contributed by atoms with Gasteiger partial charge in [-0.25, -0.2) is 9.18 Å². The molecule has 0 aliphatic carbocycles. The Labute approximate surface area is 118 Å². The predicted octanol–water partition coefficient (Wildman–Crippen LogP) is 2.44. The largest absolute Gasteiger partial charge is 0.478 e. The Balaban J connectivity index is 2.09. The van der Waals surface area contributed by atoms with Gasteiger partial charge in [-0.1, -0.05) is 6.92 Å². The van der Waals surface area contributed by atoms with Crippen molar-refractivity contribution < 1.29 is 14.3 Å². The lowest BCUT2D eigenvalue weighted by atomic mass is 10.0. The Bertz CT molecular complexity index is 485. The van der Waals surface area contributed by atoms with Crippen LogP contribution in [0.1, 0.15) is 30.1 Å². The number of hydrogen-bond donors (Lipinski definition) is 1. The monoisotopic (exact) mass is 280 g/mol. The van der Waals surface area contributed by atoms with Crippen LogP contribution < -0.4 is 4.90 Å². The number of carboxylic acids is 1. The van der Waals surface area contributed by atoms with Crippen LogP contribution in [0.25, 0.3) is 0 Å². The number of rotatable bonds is 4. The first-order chi connectivity index (χ1) is 9.52. The molecule has 1 aromatic rings. The fourth-order valence-electron chi connectivity index (χ4n) is 2.75. The second-order valence-corrected chi connectivity index (χ2v) is 5.25. The predicted molar refractivity (Wildman–Crippen MR) is 76.9 cm³/mol. The van der Waals surface area contributed by atoms with Gasteiger partial charge in [0, 0.05) is 26.2 Å². The van der Waals surface area contributed by atoms with E-state index in [4.69, 9.17) is 5.11 Å². The van der Waals surface area contributed by atoms with Crippen molar-refractivity contribution in [1.82, 2.24) is 4.90 Å². The molecule has 20 heavy (non-hydrogen) atoms. The average molecular weight is 280 g/mol. The molecule has 1 aliphatic heterocycles. The summed E-state index contributed by atoms with van der Waals surface area (Å²) >= 11 is 0. The van der Waals surface area contributed by atoms with Crippen LogP contribution in [0.3, 0.4) is 0 Å². The van der Waals surface area contributed by atoms with Crippen molar-refractivity contribution in [2.45, 2.75) is 25.8 Å². The summed E-state index contributed by atoms with van der Waals surface area (Å²) in [5.41, 5.74) is 0.463. The van der Waals surface area contributed by atoms with Crippen LogP contribution in [-0.2, 0) is 0 Å². The van der Waals surface area contributed by atoms with Crippen molar-refractivity contribution in [3.8, 4) is 0 Å². The van der Waals surface area contributed by atoms with Crippen molar-refractivity contribution in [2.24, 2.45) is 0 Å². The third-order valence-corrected chi connectivity index (χ3v) is 4.13. The van der Waals surface area contributed by atoms with Crippen molar-refractivity contribution in [3.05, 3.63) is 29.6 Å². The number of piperidine rings is 1. The van der Waals surface area contributed by atoms with Crippen LogP contribution in [0.2, 0.25) is 0 Å². The Morgan fingerprint density at radius 2 is 2.10 bits per heavy atom. The summed E-state index contributed by atoms with van der Waals surface area (Å²) in [6.45, 7) is 5.26. The number of likely N-dealkylation sites (tertiary alicyclic amines) is 1. The minimum atomic E-state index is -1.10. The summed E-state index contributed by atoms with van der Waals surface area (Å²) in [5, 5.41) is 8.86. The first-order valence-corrected chi connectivity index (χ1v) is 7.01. The van der Waals surface area contributed by atoms with E-state index >= 15 is 0 Å². The van der Waals surface area contributed by atoms with E-state index < -0.39 is 11.8 Å². The maximum atomic E-state index is 14.0. The molecule has 0 radical (unpaired) electrons. The third-order valence-electron chi connectivity index (χ3n) is 4.13. The second-order valence-electron chi connectivity index (χ2n) is 5.25. The molecule has 1 N–H and O–H groups in total. The molecule has 1 aromatic carbocycles. The number of carbonyl (C=O) groups is 1. The molecule has 5 heteroatoms. The van der Waals surface area contributed by atoms with Gasteiger partial charge in [-0.15, -0.1) is 0 Å². The Hall–Kier alpha value is -1.62. The van der Waals surface area contributed by atoms with Crippen molar-refractivity contribution in [1.29, 1.82) is 0 Å². The zero-order chi connectivity index (χ0) is 14.7. The highest BCUT2D eigenvalue weighted by Gasteiger charge is 2.23. The first kappa shape index (κ1) is 14.8. The molecular weight excluding hydrogens is 259 g/mol. The number of benzene rings is 1. The molecule has 0 spiro atoms. The van der Waals surface area contributed by atoms with E-state index in [0.717, 1.165) is 38.5 Å². The van der Waals surface area contributed by atoms with Crippen LogP contribution >= 0.6 is 0 Å². The van der Waals surface area contributed by atoms with E-state index in [1.807, 2.05) is 11.9 Å². The Morgan fingerprint density at radius 3 is 2.60 bits per heavy atom. The second kappa shape index (κ2) is 6.22. The fraction of sp³-hybridized carbons (Fsp3) is 0.533. The van der Waals surface area contributed by atoms with Crippen LogP contribution in [0.5, 0.6) is 0 Å². The van der Waals surface area contributed by atoms with E-state index in [2.05, 4.69) is 11.8 Å². The summed E-state index contributed by atoms with van der Waals surface area (Å²) in [7, 11) is 1.88. The van der Waals surface area contributed by atoms with Crippen molar-refractivity contribution in [3.63, 3.8) is 0 Å². The molecule has 0 bridgehead atoms. The Morgan fingerprint density at radius 1 is 1.45 bits per heavy atom. The zero-order valence-electron chi connectivity index (χ0n) is 12.0. The van der Waals surface area contributed by atoms with Gasteiger partial charge in [-0.3, -0.25) is 0 Å². The van der Waals surface area contributed by atoms with Gasteiger partial charge in [0.2, 0.25) is 0 Å².